The van der Waals surface area contributed by atoms with Crippen molar-refractivity contribution < 1.29 is 24.1 Å². The van der Waals surface area contributed by atoms with E-state index in [4.69, 9.17) is 9.68 Å². The summed E-state index contributed by atoms with van der Waals surface area (Å²) in [5, 5.41) is 7.40. The van der Waals surface area contributed by atoms with Crippen LogP contribution in [0, 0.1) is 0 Å². The Hall–Kier alpha value is -1.25. The molecule has 0 radical (unpaired) electrons. The predicted molar refractivity (Wildman–Crippen MR) is 129 cm³/mol. The molecule has 30 heavy (non-hydrogen) atoms. The van der Waals surface area contributed by atoms with Gasteiger partial charge in [0.25, 0.3) is 5.91 Å². The van der Waals surface area contributed by atoms with Crippen molar-refractivity contribution in [1.82, 2.24) is 13.5 Å². The maximum Gasteiger partial charge on any atom is 0.445 e. The third kappa shape index (κ3) is 11.8. The van der Waals surface area contributed by atoms with Crippen LogP contribution in [0.1, 0.15) is 13.8 Å². The van der Waals surface area contributed by atoms with Crippen LogP contribution in [0.25, 0.3) is 0 Å². The zero-order chi connectivity index (χ0) is 23.3. The zero-order valence-corrected chi connectivity index (χ0v) is 21.7. The first kappa shape index (κ1) is 28.8. The van der Waals surface area contributed by atoms with Gasteiger partial charge in [0.05, 0.1) is 6.21 Å². The van der Waals surface area contributed by atoms with E-state index in [-0.39, 0.29) is 15.7 Å². The fourth-order valence-electron chi connectivity index (χ4n) is 1.26. The number of carbonyl (C=O) groups is 3. The van der Waals surface area contributed by atoms with Crippen molar-refractivity contribution >= 4 is 76.8 Å². The summed E-state index contributed by atoms with van der Waals surface area (Å²) >= 11 is 5.09. The lowest BCUT2D eigenvalue weighted by molar-refractivity contribution is -0.121. The second kappa shape index (κ2) is 14.7. The molecule has 0 aliphatic heterocycles. The van der Waals surface area contributed by atoms with Crippen LogP contribution in [-0.4, -0.2) is 99.8 Å². The van der Waals surface area contributed by atoms with Gasteiger partial charge in [-0.1, -0.05) is 10.3 Å². The quantitative estimate of drug-likeness (QED) is 0.118. The molecule has 0 N–H and O–H groups in total. The number of amides is 3. The van der Waals surface area contributed by atoms with Crippen molar-refractivity contribution in [2.45, 2.75) is 18.6 Å². The summed E-state index contributed by atoms with van der Waals surface area (Å²) in [6.07, 6.45) is 3.89. The Balaban J connectivity index is 4.29. The highest BCUT2D eigenvalue weighted by atomic mass is 32.2. The van der Waals surface area contributed by atoms with E-state index >= 15 is 0 Å². The highest BCUT2D eigenvalue weighted by Crippen LogP contribution is 2.19. The molecular formula is C16H29N5O5S4. The van der Waals surface area contributed by atoms with Gasteiger partial charge in [0.2, 0.25) is 5.04 Å². The van der Waals surface area contributed by atoms with Gasteiger partial charge in [-0.25, -0.2) is 9.59 Å². The average Bonchev–Trinajstić information content (AvgIpc) is 2.70. The Morgan fingerprint density at radius 3 is 1.87 bits per heavy atom. The predicted octanol–water partition coefficient (Wildman–Crippen LogP) is 3.31. The molecule has 3 amide bonds. The topological polar surface area (TPSA) is 104 Å². The smallest absolute Gasteiger partial charge is 0.343 e. The van der Waals surface area contributed by atoms with E-state index in [0.29, 0.717) is 11.5 Å². The third-order valence-corrected chi connectivity index (χ3v) is 7.08. The van der Waals surface area contributed by atoms with Crippen molar-refractivity contribution in [1.29, 1.82) is 0 Å². The van der Waals surface area contributed by atoms with Gasteiger partial charge in [-0.2, -0.15) is 11.8 Å². The second-order valence-corrected chi connectivity index (χ2v) is 10.9. The van der Waals surface area contributed by atoms with Gasteiger partial charge in [-0.15, -0.1) is 11.8 Å². The van der Waals surface area contributed by atoms with Gasteiger partial charge in [0, 0.05) is 44.4 Å². The molecule has 0 aliphatic rings. The van der Waals surface area contributed by atoms with Crippen molar-refractivity contribution in [3.8, 4) is 0 Å². The molecule has 0 aromatic heterocycles. The highest BCUT2D eigenvalue weighted by molar-refractivity contribution is 8.15. The molecule has 0 spiro atoms. The molecule has 0 heterocycles. The van der Waals surface area contributed by atoms with Crippen LogP contribution >= 0.6 is 47.4 Å². The lowest BCUT2D eigenvalue weighted by atomic mass is 10.2. The van der Waals surface area contributed by atoms with Crippen LogP contribution in [0.2, 0.25) is 0 Å². The minimum Gasteiger partial charge on any atom is -0.343 e. The van der Waals surface area contributed by atoms with Gasteiger partial charge in [-0.3, -0.25) is 23.1 Å². The molecule has 0 bridgehead atoms. The Bertz CT molecular complexity index is 646. The maximum absolute atomic E-state index is 11.9. The summed E-state index contributed by atoms with van der Waals surface area (Å²) in [6.45, 7) is 3.92. The molecule has 0 aliphatic carbocycles. The Kier molecular flexibility index (Phi) is 14.1. The monoisotopic (exact) mass is 499 g/mol. The minimum absolute atomic E-state index is 0.0750. The number of hydrogen-bond acceptors (Lipinski definition) is 11. The molecule has 0 rings (SSSR count). The number of nitrogens with zero attached hydrogens (tertiary/aromatic N) is 5. The van der Waals surface area contributed by atoms with Gasteiger partial charge >= 0.3 is 12.2 Å². The first-order chi connectivity index (χ1) is 13.9. The van der Waals surface area contributed by atoms with Crippen LogP contribution in [0.4, 0.5) is 9.59 Å². The van der Waals surface area contributed by atoms with E-state index in [0.717, 1.165) is 11.8 Å². The number of carbonyl (C=O) groups excluding carboxylic acids is 3. The Labute approximate surface area is 195 Å². The number of oxime groups is 2. The first-order valence-corrected chi connectivity index (χ1v) is 12.9. The molecule has 0 aromatic carbocycles. The normalized spacial score (nSPS) is 11.9. The highest BCUT2D eigenvalue weighted by Gasteiger charge is 2.17. The van der Waals surface area contributed by atoms with Crippen LogP contribution < -0.4 is 0 Å². The summed E-state index contributed by atoms with van der Waals surface area (Å²) in [7, 11) is 6.27. The lowest BCUT2D eigenvalue weighted by Crippen LogP contribution is -2.29. The molecule has 0 aromatic rings. The van der Waals surface area contributed by atoms with Gasteiger partial charge < -0.3 is 4.90 Å². The fraction of sp³-hybridized carbons (Fsp3) is 0.688. The molecule has 172 valence electrons. The SMILES string of the molecule is CSC(=NOC(=O)N(C)SCCSN(C)C(=O)ON=CC(C)(C)SC)C(=O)N(C)C. The van der Waals surface area contributed by atoms with Crippen molar-refractivity contribution in [2.24, 2.45) is 10.3 Å². The second-order valence-electron chi connectivity index (χ2n) is 6.22. The van der Waals surface area contributed by atoms with Crippen molar-refractivity contribution in [3.05, 3.63) is 0 Å². The Morgan fingerprint density at radius 1 is 0.933 bits per heavy atom. The van der Waals surface area contributed by atoms with Gasteiger partial charge in [0.1, 0.15) is 0 Å². The first-order valence-electron chi connectivity index (χ1n) is 8.53. The molecule has 0 unspecified atom stereocenters. The molecule has 14 heteroatoms. The standard InChI is InChI=1S/C16H29N5O5S4/c1-16(2,28-8)11-17-25-14(23)20(5)29-9-10-30-21(6)15(24)26-18-12(27-7)13(22)19(3)4/h11H,9-10H2,1-8H3. The number of thioether (sulfide) groups is 2. The zero-order valence-electron chi connectivity index (χ0n) is 18.4. The Morgan fingerprint density at radius 2 is 1.43 bits per heavy atom. The fourth-order valence-corrected chi connectivity index (χ4v) is 3.29. The van der Waals surface area contributed by atoms with Crippen LogP contribution in [0.5, 0.6) is 0 Å². The summed E-state index contributed by atoms with van der Waals surface area (Å²) < 4.78 is 2.36. The van der Waals surface area contributed by atoms with Crippen LogP contribution in [0.3, 0.4) is 0 Å². The van der Waals surface area contributed by atoms with Gasteiger partial charge in [0.15, 0.2) is 0 Å². The van der Waals surface area contributed by atoms with Crippen molar-refractivity contribution in [2.75, 3.05) is 52.2 Å². The van der Waals surface area contributed by atoms with Crippen LogP contribution in [-0.2, 0) is 14.5 Å². The van der Waals surface area contributed by atoms with E-state index in [1.54, 1.807) is 45.4 Å². The molecule has 0 saturated carbocycles. The van der Waals surface area contributed by atoms with E-state index in [9.17, 15) is 14.4 Å². The molecule has 10 nitrogen and oxygen atoms in total. The van der Waals surface area contributed by atoms with E-state index in [2.05, 4.69) is 10.3 Å². The maximum atomic E-state index is 11.9. The molecule has 0 atom stereocenters. The summed E-state index contributed by atoms with van der Waals surface area (Å²) in [5.74, 6) is 0.705. The van der Waals surface area contributed by atoms with Gasteiger partial charge in [-0.05, 0) is 50.3 Å². The average molecular weight is 500 g/mol. The number of hydrogen-bond donors (Lipinski definition) is 0. The summed E-state index contributed by atoms with van der Waals surface area (Å²) in [5.41, 5.74) is 0. The summed E-state index contributed by atoms with van der Waals surface area (Å²) in [6, 6.07) is 0. The third-order valence-electron chi connectivity index (χ3n) is 3.18. The van der Waals surface area contributed by atoms with Crippen molar-refractivity contribution in [3.63, 3.8) is 0 Å². The lowest BCUT2D eigenvalue weighted by Gasteiger charge is -2.17. The molecule has 0 saturated heterocycles. The largest absolute Gasteiger partial charge is 0.445 e. The van der Waals surface area contributed by atoms with E-state index < -0.39 is 12.2 Å². The van der Waals surface area contributed by atoms with E-state index in [1.165, 1.54) is 44.5 Å². The number of rotatable bonds is 9. The van der Waals surface area contributed by atoms with E-state index in [1.807, 2.05) is 20.1 Å². The summed E-state index contributed by atoms with van der Waals surface area (Å²) in [4.78, 5) is 46.6. The molecule has 0 fully saturated rings. The minimum atomic E-state index is -0.707. The van der Waals surface area contributed by atoms with Crippen LogP contribution in [0.15, 0.2) is 10.3 Å². The molecular weight excluding hydrogens is 470 g/mol.